The molecule has 0 saturated carbocycles. The Labute approximate surface area is 171 Å². The number of ether oxygens (including phenoxy) is 1. The number of hydrogen-bond acceptors (Lipinski definition) is 5. The molecule has 144 valence electrons. The van der Waals surface area contributed by atoms with Crippen LogP contribution in [0.3, 0.4) is 0 Å². The molecule has 3 heterocycles. The van der Waals surface area contributed by atoms with Crippen molar-refractivity contribution in [2.75, 3.05) is 25.5 Å². The van der Waals surface area contributed by atoms with Gasteiger partial charge in [-0.05, 0) is 12.5 Å². The number of nitrogens with one attached hydrogen (secondary N) is 3. The predicted octanol–water partition coefficient (Wildman–Crippen LogP) is 2.58. The summed E-state index contributed by atoms with van der Waals surface area (Å²) in [6, 6.07) is 1.48. The molecule has 2 atom stereocenters. The standard InChI is InChI=1S/C18H19Cl2N3O3S/c1-3-26-10-6-9(19)14(20)13(15(10)24)16-21-17(25)12-8-4-5-23(2)7-11(8)27-18(12)22-16/h6,16,22,24H,3-5,7H2,1-2H3,(H,21,25)/p+1/t16-/m0/s1. The van der Waals surface area contributed by atoms with Crippen LogP contribution in [0.1, 0.15) is 39.5 Å². The zero-order chi connectivity index (χ0) is 19.3. The number of anilines is 1. The molecule has 0 aliphatic carbocycles. The van der Waals surface area contributed by atoms with Gasteiger partial charge in [0.2, 0.25) is 0 Å². The van der Waals surface area contributed by atoms with Gasteiger partial charge in [-0.25, -0.2) is 0 Å². The predicted molar refractivity (Wildman–Crippen MR) is 107 cm³/mol. The third-order valence-corrected chi connectivity index (χ3v) is 6.88. The quantitative estimate of drug-likeness (QED) is 0.605. The number of hydrogen-bond donors (Lipinski definition) is 4. The summed E-state index contributed by atoms with van der Waals surface area (Å²) in [6.07, 6.45) is 0.185. The first-order valence-electron chi connectivity index (χ1n) is 8.77. The monoisotopic (exact) mass is 428 g/mol. The van der Waals surface area contributed by atoms with Crippen molar-refractivity contribution in [2.24, 2.45) is 0 Å². The number of aromatic hydroxyl groups is 1. The Kier molecular flexibility index (Phi) is 4.88. The summed E-state index contributed by atoms with van der Waals surface area (Å²) in [5.41, 5.74) is 2.14. The number of benzene rings is 1. The first-order chi connectivity index (χ1) is 12.9. The molecule has 4 N–H and O–H groups in total. The number of carbonyl (C=O) groups is 1. The lowest BCUT2D eigenvalue weighted by molar-refractivity contribution is -0.895. The fourth-order valence-electron chi connectivity index (χ4n) is 3.62. The van der Waals surface area contributed by atoms with E-state index in [1.165, 1.54) is 15.8 Å². The number of phenols is 1. The molecular formula is C18H20Cl2N3O3S+. The molecule has 1 aromatic heterocycles. The molecule has 1 unspecified atom stereocenters. The van der Waals surface area contributed by atoms with Gasteiger partial charge in [0.15, 0.2) is 11.5 Å². The highest BCUT2D eigenvalue weighted by atomic mass is 35.5. The average Bonchev–Trinajstić information content (AvgIpc) is 2.97. The van der Waals surface area contributed by atoms with E-state index in [0.29, 0.717) is 17.7 Å². The second-order valence-electron chi connectivity index (χ2n) is 6.76. The zero-order valence-electron chi connectivity index (χ0n) is 14.9. The van der Waals surface area contributed by atoms with Crippen LogP contribution in [0.2, 0.25) is 10.0 Å². The molecule has 27 heavy (non-hydrogen) atoms. The van der Waals surface area contributed by atoms with E-state index < -0.39 is 6.17 Å². The summed E-state index contributed by atoms with van der Waals surface area (Å²) < 4.78 is 5.44. The molecule has 0 radical (unpaired) electrons. The van der Waals surface area contributed by atoms with E-state index >= 15 is 0 Å². The molecule has 0 fully saturated rings. The van der Waals surface area contributed by atoms with E-state index in [1.807, 2.05) is 6.92 Å². The lowest BCUT2D eigenvalue weighted by atomic mass is 10.0. The summed E-state index contributed by atoms with van der Waals surface area (Å²) in [5.74, 6) is -0.0587. The Morgan fingerprint density at radius 1 is 1.41 bits per heavy atom. The van der Waals surface area contributed by atoms with Crippen LogP contribution in [0.15, 0.2) is 6.07 Å². The van der Waals surface area contributed by atoms with Gasteiger partial charge in [-0.2, -0.15) is 0 Å². The highest BCUT2D eigenvalue weighted by Gasteiger charge is 2.36. The number of phenolic OH excluding ortho intramolecular Hbond substituents is 1. The van der Waals surface area contributed by atoms with Gasteiger partial charge in [-0.15, -0.1) is 11.3 Å². The van der Waals surface area contributed by atoms with Gasteiger partial charge in [0.1, 0.15) is 17.7 Å². The van der Waals surface area contributed by atoms with Crippen LogP contribution in [0.5, 0.6) is 11.5 Å². The number of likely N-dealkylation sites (N-methyl/N-ethyl adjacent to an activating group) is 1. The van der Waals surface area contributed by atoms with Gasteiger partial charge in [0, 0.05) is 12.5 Å². The van der Waals surface area contributed by atoms with Crippen LogP contribution in [0.4, 0.5) is 5.00 Å². The van der Waals surface area contributed by atoms with Gasteiger partial charge >= 0.3 is 0 Å². The van der Waals surface area contributed by atoms with E-state index in [-0.39, 0.29) is 27.5 Å². The molecule has 0 spiro atoms. The Balaban J connectivity index is 1.76. The molecule has 6 nitrogen and oxygen atoms in total. The van der Waals surface area contributed by atoms with Crippen molar-refractivity contribution in [2.45, 2.75) is 26.1 Å². The second kappa shape index (κ2) is 7.05. The lowest BCUT2D eigenvalue weighted by Gasteiger charge is -2.28. The van der Waals surface area contributed by atoms with Crippen molar-refractivity contribution >= 4 is 45.4 Å². The topological polar surface area (TPSA) is 75.0 Å². The normalized spacial score (nSPS) is 21.1. The zero-order valence-corrected chi connectivity index (χ0v) is 17.2. The Bertz CT molecular complexity index is 931. The number of thiophene rings is 1. The van der Waals surface area contributed by atoms with Gasteiger partial charge in [0.25, 0.3) is 5.91 Å². The maximum Gasteiger partial charge on any atom is 0.256 e. The Hall–Kier alpha value is -1.67. The van der Waals surface area contributed by atoms with Crippen molar-refractivity contribution in [1.82, 2.24) is 5.32 Å². The molecule has 0 saturated heterocycles. The third kappa shape index (κ3) is 3.12. The number of amides is 1. The smallest absolute Gasteiger partial charge is 0.256 e. The highest BCUT2D eigenvalue weighted by Crippen LogP contribution is 2.46. The van der Waals surface area contributed by atoms with Crippen molar-refractivity contribution < 1.29 is 19.5 Å². The summed E-state index contributed by atoms with van der Waals surface area (Å²) in [4.78, 5) is 15.5. The molecule has 9 heteroatoms. The van der Waals surface area contributed by atoms with Crippen LogP contribution < -0.4 is 20.3 Å². The first-order valence-corrected chi connectivity index (χ1v) is 10.3. The summed E-state index contributed by atoms with van der Waals surface area (Å²) in [7, 11) is 2.15. The molecule has 4 rings (SSSR count). The molecule has 0 bridgehead atoms. The fraction of sp³-hybridized carbons (Fsp3) is 0.389. The Morgan fingerprint density at radius 2 is 2.19 bits per heavy atom. The van der Waals surface area contributed by atoms with Crippen LogP contribution in [0, 0.1) is 0 Å². The largest absolute Gasteiger partial charge is 0.504 e. The summed E-state index contributed by atoms with van der Waals surface area (Å²) in [5, 5.41) is 18.1. The van der Waals surface area contributed by atoms with E-state index in [0.717, 1.165) is 30.1 Å². The Morgan fingerprint density at radius 3 is 2.93 bits per heavy atom. The van der Waals surface area contributed by atoms with Crippen LogP contribution in [-0.2, 0) is 13.0 Å². The molecule has 1 aromatic carbocycles. The van der Waals surface area contributed by atoms with Crippen LogP contribution in [-0.4, -0.2) is 31.2 Å². The van der Waals surface area contributed by atoms with Crippen molar-refractivity contribution in [1.29, 1.82) is 0 Å². The highest BCUT2D eigenvalue weighted by molar-refractivity contribution is 7.16. The second-order valence-corrected chi connectivity index (χ2v) is 8.65. The maximum atomic E-state index is 12.9. The van der Waals surface area contributed by atoms with Gasteiger partial charge < -0.3 is 25.4 Å². The van der Waals surface area contributed by atoms with Crippen molar-refractivity contribution in [3.63, 3.8) is 0 Å². The summed E-state index contributed by atoms with van der Waals surface area (Å²) >= 11 is 14.2. The first kappa shape index (κ1) is 18.7. The molecule has 1 amide bonds. The van der Waals surface area contributed by atoms with Crippen LogP contribution in [0.25, 0.3) is 0 Å². The summed E-state index contributed by atoms with van der Waals surface area (Å²) in [6.45, 7) is 4.09. The number of quaternary nitrogens is 1. The van der Waals surface area contributed by atoms with Gasteiger partial charge in [-0.1, -0.05) is 23.2 Å². The SMILES string of the molecule is CCOc1cc(Cl)c(Cl)c([C@H]2NC(=O)c3c(sc4c3CC[NH+](C)C4)N2)c1O. The van der Waals surface area contributed by atoms with Crippen molar-refractivity contribution in [3.05, 3.63) is 37.7 Å². The van der Waals surface area contributed by atoms with E-state index in [2.05, 4.69) is 17.7 Å². The molecule has 2 aliphatic heterocycles. The van der Waals surface area contributed by atoms with Crippen LogP contribution >= 0.6 is 34.5 Å². The average molecular weight is 429 g/mol. The minimum atomic E-state index is -0.694. The van der Waals surface area contributed by atoms with Gasteiger partial charge in [0.05, 0.1) is 46.2 Å². The van der Waals surface area contributed by atoms with E-state index in [1.54, 1.807) is 11.3 Å². The maximum absolute atomic E-state index is 12.9. The fourth-order valence-corrected chi connectivity index (χ4v) is 5.46. The minimum absolute atomic E-state index is 0.127. The number of carbonyl (C=O) groups excluding carboxylic acids is 1. The van der Waals surface area contributed by atoms with E-state index in [9.17, 15) is 9.90 Å². The number of fused-ring (bicyclic) bond motifs is 3. The van der Waals surface area contributed by atoms with Gasteiger partial charge in [-0.3, -0.25) is 4.79 Å². The number of halogens is 2. The molecule has 2 aliphatic rings. The number of rotatable bonds is 3. The van der Waals surface area contributed by atoms with E-state index in [4.69, 9.17) is 27.9 Å². The molecular weight excluding hydrogens is 409 g/mol. The molecule has 2 aromatic rings. The third-order valence-electron chi connectivity index (χ3n) is 4.91. The minimum Gasteiger partial charge on any atom is -0.504 e. The van der Waals surface area contributed by atoms with Crippen molar-refractivity contribution in [3.8, 4) is 11.5 Å². The lowest BCUT2D eigenvalue weighted by Crippen LogP contribution is -3.08.